The Kier molecular flexibility index (Phi) is 8.28. The fourth-order valence-corrected chi connectivity index (χ4v) is 9.55. The van der Waals surface area contributed by atoms with Crippen LogP contribution in [0, 0.1) is 0 Å². The molecule has 286 valence electrons. The molecule has 11 rings (SSSR count). The van der Waals surface area contributed by atoms with Crippen molar-refractivity contribution in [2.75, 3.05) is 4.90 Å². The van der Waals surface area contributed by atoms with Gasteiger partial charge in [-0.05, 0) is 100 Å². The molecule has 0 amide bonds. The number of anilines is 3. The summed E-state index contributed by atoms with van der Waals surface area (Å²) < 4.78 is 4.11. The van der Waals surface area contributed by atoms with E-state index in [-0.39, 0.29) is 11.0 Å². The van der Waals surface area contributed by atoms with Gasteiger partial charge in [-0.1, -0.05) is 153 Å². The zero-order chi connectivity index (χ0) is 40.4. The van der Waals surface area contributed by atoms with Gasteiger partial charge in [-0.25, -0.2) is 0 Å². The Morgan fingerprint density at radius 3 is 1.73 bits per heavy atom. The van der Waals surface area contributed by atoms with Gasteiger partial charge < -0.3 is 9.47 Å². The zero-order valence-electron chi connectivity index (χ0n) is 33.5. The third kappa shape index (κ3) is 5.56. The number of aromatic nitrogens is 2. The first-order valence-corrected chi connectivity index (χ1v) is 20.6. The van der Waals surface area contributed by atoms with Crippen LogP contribution < -0.4 is 10.5 Å². The lowest BCUT2D eigenvalue weighted by atomic mass is 9.82. The van der Waals surface area contributed by atoms with Gasteiger partial charge in [0, 0.05) is 45.1 Å². The zero-order valence-corrected chi connectivity index (χ0v) is 33.5. The van der Waals surface area contributed by atoms with Crippen molar-refractivity contribution in [2.45, 2.75) is 19.3 Å². The second-order valence-electron chi connectivity index (χ2n) is 16.1. The van der Waals surface area contributed by atoms with Gasteiger partial charge >= 0.3 is 0 Å². The van der Waals surface area contributed by atoms with Crippen LogP contribution in [0.25, 0.3) is 66.7 Å². The molecule has 4 nitrogen and oxygen atoms in total. The van der Waals surface area contributed by atoms with Gasteiger partial charge in [0.2, 0.25) is 0 Å². The summed E-state index contributed by atoms with van der Waals surface area (Å²) in [5, 5.41) is 1.01. The molecule has 1 aliphatic carbocycles. The van der Waals surface area contributed by atoms with Crippen LogP contribution in [-0.4, -0.2) is 9.13 Å². The molecule has 60 heavy (non-hydrogen) atoms. The van der Waals surface area contributed by atoms with E-state index in [2.05, 4.69) is 187 Å². The molecule has 0 atom stereocenters. The van der Waals surface area contributed by atoms with Crippen LogP contribution in [0.4, 0.5) is 17.1 Å². The lowest BCUT2D eigenvalue weighted by Gasteiger charge is -2.30. The van der Waals surface area contributed by atoms with E-state index in [1.807, 2.05) is 47.0 Å². The topological polar surface area (TPSA) is 30.2 Å². The van der Waals surface area contributed by atoms with E-state index in [1.165, 1.54) is 27.8 Å². The molecular weight excluding hydrogens is 731 g/mol. The van der Waals surface area contributed by atoms with Crippen LogP contribution in [0.5, 0.6) is 0 Å². The summed E-state index contributed by atoms with van der Waals surface area (Å²) in [7, 11) is 0. The molecule has 0 N–H and O–H groups in total. The summed E-state index contributed by atoms with van der Waals surface area (Å²) in [6.45, 7) is 4.68. The number of para-hydroxylation sites is 3. The lowest BCUT2D eigenvalue weighted by molar-refractivity contribution is 0.660. The molecule has 0 unspecified atom stereocenters. The van der Waals surface area contributed by atoms with Crippen LogP contribution >= 0.6 is 0 Å². The highest BCUT2D eigenvalue weighted by Crippen LogP contribution is 2.55. The number of hydrogen-bond donors (Lipinski definition) is 0. The SMILES string of the molecule is CC1(C)c2ccccc2-c2c(N(c3ccc(-c4ccc5c(c4)c4c(ccc(=O)n4-c4ccccc4)n5-c4ccccc4)cc3)c3ccccc3-c3ccccc3)cccc21. The Morgan fingerprint density at radius 2 is 1.00 bits per heavy atom. The van der Waals surface area contributed by atoms with E-state index in [1.54, 1.807) is 6.07 Å². The average molecular weight is 772 g/mol. The van der Waals surface area contributed by atoms with E-state index in [0.717, 1.165) is 67.1 Å². The molecule has 0 bridgehead atoms. The van der Waals surface area contributed by atoms with E-state index < -0.39 is 0 Å². The Balaban J connectivity index is 1.11. The predicted octanol–water partition coefficient (Wildman–Crippen LogP) is 14.0. The summed E-state index contributed by atoms with van der Waals surface area (Å²) in [6, 6.07) is 74.6. The molecular formula is C56H41N3O. The van der Waals surface area contributed by atoms with Crippen molar-refractivity contribution in [1.29, 1.82) is 0 Å². The summed E-state index contributed by atoms with van der Waals surface area (Å²) in [5.74, 6) is 0. The number of pyridine rings is 1. The van der Waals surface area contributed by atoms with Crippen LogP contribution in [0.15, 0.2) is 217 Å². The second kappa shape index (κ2) is 14.0. The van der Waals surface area contributed by atoms with Crippen molar-refractivity contribution in [1.82, 2.24) is 9.13 Å². The first-order chi connectivity index (χ1) is 29.5. The van der Waals surface area contributed by atoms with Gasteiger partial charge in [-0.15, -0.1) is 0 Å². The Morgan fingerprint density at radius 1 is 0.433 bits per heavy atom. The van der Waals surface area contributed by atoms with E-state index in [9.17, 15) is 4.79 Å². The monoisotopic (exact) mass is 771 g/mol. The first-order valence-electron chi connectivity index (χ1n) is 20.6. The number of fused-ring (bicyclic) bond motifs is 6. The van der Waals surface area contributed by atoms with Crippen LogP contribution in [0.3, 0.4) is 0 Å². The number of benzene rings is 8. The van der Waals surface area contributed by atoms with E-state index in [4.69, 9.17) is 0 Å². The van der Waals surface area contributed by atoms with Gasteiger partial charge in [-0.2, -0.15) is 0 Å². The molecule has 1 aliphatic rings. The molecule has 0 aliphatic heterocycles. The second-order valence-corrected chi connectivity index (χ2v) is 16.1. The minimum absolute atomic E-state index is 0.0650. The fourth-order valence-electron chi connectivity index (χ4n) is 9.55. The molecule has 2 heterocycles. The highest BCUT2D eigenvalue weighted by molar-refractivity contribution is 6.09. The van der Waals surface area contributed by atoms with Gasteiger partial charge in [0.25, 0.3) is 5.56 Å². The minimum Gasteiger partial charge on any atom is -0.309 e. The van der Waals surface area contributed by atoms with Gasteiger partial charge in [0.05, 0.1) is 27.9 Å². The van der Waals surface area contributed by atoms with Crippen molar-refractivity contribution in [2.24, 2.45) is 0 Å². The molecule has 0 radical (unpaired) electrons. The highest BCUT2D eigenvalue weighted by Gasteiger charge is 2.38. The van der Waals surface area contributed by atoms with Crippen molar-refractivity contribution < 1.29 is 0 Å². The predicted molar refractivity (Wildman–Crippen MR) is 249 cm³/mol. The van der Waals surface area contributed by atoms with Gasteiger partial charge in [-0.3, -0.25) is 9.36 Å². The minimum atomic E-state index is -0.135. The Hall–Kier alpha value is -7.69. The Bertz CT molecular complexity index is 3290. The van der Waals surface area contributed by atoms with Crippen molar-refractivity contribution in [3.05, 3.63) is 234 Å². The molecule has 8 aromatic carbocycles. The van der Waals surface area contributed by atoms with Gasteiger partial charge in [0.1, 0.15) is 0 Å². The molecule has 2 aromatic heterocycles. The van der Waals surface area contributed by atoms with Crippen molar-refractivity contribution in [3.63, 3.8) is 0 Å². The lowest BCUT2D eigenvalue weighted by Crippen LogP contribution is -2.17. The molecule has 0 saturated carbocycles. The molecule has 0 saturated heterocycles. The van der Waals surface area contributed by atoms with Crippen LogP contribution in [-0.2, 0) is 5.41 Å². The normalized spacial score (nSPS) is 12.7. The molecule has 4 heteroatoms. The van der Waals surface area contributed by atoms with Crippen LogP contribution in [0.1, 0.15) is 25.0 Å². The largest absolute Gasteiger partial charge is 0.309 e. The summed E-state index contributed by atoms with van der Waals surface area (Å²) in [6.07, 6.45) is 0. The van der Waals surface area contributed by atoms with Crippen molar-refractivity contribution in [3.8, 4) is 44.8 Å². The third-order valence-corrected chi connectivity index (χ3v) is 12.3. The maximum atomic E-state index is 13.8. The highest BCUT2D eigenvalue weighted by atomic mass is 16.1. The fraction of sp³-hybridized carbons (Fsp3) is 0.0536. The quantitative estimate of drug-likeness (QED) is 0.162. The standard InChI is InChI=1S/C56H41N3O/c1-56(2)47-25-14-12-24-45(47)54-48(56)26-16-28-51(54)57(49-27-15-13-23-44(49)39-17-6-3-7-18-39)43-32-29-38(30-33-43)40-31-34-50-46(37-40)55-52(58(50)41-19-8-4-9-20-41)35-36-53(60)59(55)42-21-10-5-11-22-42/h3-37H,1-2H3. The maximum absolute atomic E-state index is 13.8. The van der Waals surface area contributed by atoms with E-state index >= 15 is 0 Å². The third-order valence-electron chi connectivity index (χ3n) is 12.3. The van der Waals surface area contributed by atoms with E-state index in [0.29, 0.717) is 0 Å². The molecule has 0 spiro atoms. The van der Waals surface area contributed by atoms with Crippen molar-refractivity contribution >= 4 is 39.0 Å². The van der Waals surface area contributed by atoms with Gasteiger partial charge in [0.15, 0.2) is 0 Å². The summed E-state index contributed by atoms with van der Waals surface area (Å²) in [5.41, 5.74) is 17.6. The molecule has 10 aromatic rings. The summed E-state index contributed by atoms with van der Waals surface area (Å²) >= 11 is 0. The molecule has 0 fully saturated rings. The summed E-state index contributed by atoms with van der Waals surface area (Å²) in [4.78, 5) is 16.2. The number of rotatable bonds is 7. The number of hydrogen-bond acceptors (Lipinski definition) is 2. The first kappa shape index (κ1) is 35.5. The van der Waals surface area contributed by atoms with Crippen LogP contribution in [0.2, 0.25) is 0 Å². The maximum Gasteiger partial charge on any atom is 0.255 e. The average Bonchev–Trinajstić information content (AvgIpc) is 3.76. The Labute approximate surface area is 349 Å². The number of nitrogens with zero attached hydrogens (tertiary/aromatic N) is 3. The smallest absolute Gasteiger partial charge is 0.255 e.